The zero-order chi connectivity index (χ0) is 13.5. The van der Waals surface area contributed by atoms with Crippen LogP contribution in [0.25, 0.3) is 11.2 Å². The van der Waals surface area contributed by atoms with Crippen LogP contribution in [0, 0.1) is 0 Å². The van der Waals surface area contributed by atoms with Crippen molar-refractivity contribution in [1.82, 2.24) is 19.5 Å². The molecule has 1 aliphatic heterocycles. The molecule has 1 unspecified atom stereocenters. The first kappa shape index (κ1) is 12.5. The third-order valence-electron chi connectivity index (χ3n) is 2.91. The number of aromatic nitrogens is 4. The standard InChI is InChI=1S/C10H14N5O3P/c1-19(16)6-17-7(3-18-19)2-15-5-14-8-9(11)12-4-13-10(8)15/h4-5,7H,2-3,6H2,1H3,(H2,11,12,13)/t7-,19?/m0/s1. The van der Waals surface area contributed by atoms with Gasteiger partial charge in [-0.25, -0.2) is 15.0 Å². The summed E-state index contributed by atoms with van der Waals surface area (Å²) in [5.74, 6) is 0.350. The Balaban J connectivity index is 1.79. The van der Waals surface area contributed by atoms with Crippen LogP contribution in [0.2, 0.25) is 0 Å². The molecule has 2 aromatic heterocycles. The average Bonchev–Trinajstić information content (AvgIpc) is 2.77. The van der Waals surface area contributed by atoms with Crippen molar-refractivity contribution in [2.75, 3.05) is 25.4 Å². The molecule has 0 radical (unpaired) electrons. The normalized spacial score (nSPS) is 27.7. The molecule has 0 bridgehead atoms. The van der Waals surface area contributed by atoms with E-state index in [0.29, 0.717) is 30.1 Å². The number of fused-ring (bicyclic) bond motifs is 1. The Morgan fingerprint density at radius 3 is 3.11 bits per heavy atom. The van der Waals surface area contributed by atoms with E-state index < -0.39 is 7.37 Å². The molecule has 1 fully saturated rings. The van der Waals surface area contributed by atoms with Gasteiger partial charge in [-0.1, -0.05) is 0 Å². The highest BCUT2D eigenvalue weighted by molar-refractivity contribution is 7.58. The molecule has 2 atom stereocenters. The maximum atomic E-state index is 11.6. The van der Waals surface area contributed by atoms with Gasteiger partial charge in [0.15, 0.2) is 11.5 Å². The van der Waals surface area contributed by atoms with Gasteiger partial charge in [0, 0.05) is 6.66 Å². The third-order valence-corrected chi connectivity index (χ3v) is 4.22. The summed E-state index contributed by atoms with van der Waals surface area (Å²) < 4.78 is 24.3. The molecule has 3 heterocycles. The van der Waals surface area contributed by atoms with Crippen LogP contribution in [0.1, 0.15) is 0 Å². The zero-order valence-electron chi connectivity index (χ0n) is 10.4. The van der Waals surface area contributed by atoms with E-state index in [1.54, 1.807) is 13.0 Å². The minimum atomic E-state index is -2.56. The van der Waals surface area contributed by atoms with Gasteiger partial charge < -0.3 is 19.6 Å². The molecular formula is C10H14N5O3P. The molecule has 19 heavy (non-hydrogen) atoms. The number of rotatable bonds is 2. The smallest absolute Gasteiger partial charge is 0.225 e. The summed E-state index contributed by atoms with van der Waals surface area (Å²) >= 11 is 0. The van der Waals surface area contributed by atoms with Crippen molar-refractivity contribution in [1.29, 1.82) is 0 Å². The fourth-order valence-corrected chi connectivity index (χ4v) is 2.96. The lowest BCUT2D eigenvalue weighted by molar-refractivity contribution is 0.00508. The summed E-state index contributed by atoms with van der Waals surface area (Å²) in [5, 5.41) is 0. The first-order chi connectivity index (χ1) is 9.05. The lowest BCUT2D eigenvalue weighted by atomic mass is 10.3. The number of hydrogen-bond donors (Lipinski definition) is 1. The van der Waals surface area contributed by atoms with Gasteiger partial charge in [0.2, 0.25) is 7.37 Å². The van der Waals surface area contributed by atoms with Crippen LogP contribution in [0.3, 0.4) is 0 Å². The van der Waals surface area contributed by atoms with E-state index in [0.717, 1.165) is 0 Å². The number of anilines is 1. The van der Waals surface area contributed by atoms with E-state index in [9.17, 15) is 4.57 Å². The van der Waals surface area contributed by atoms with E-state index in [2.05, 4.69) is 15.0 Å². The van der Waals surface area contributed by atoms with Gasteiger partial charge >= 0.3 is 0 Å². The first-order valence-corrected chi connectivity index (χ1v) is 8.05. The summed E-state index contributed by atoms with van der Waals surface area (Å²) in [6.07, 6.45) is 3.00. The Labute approximate surface area is 109 Å². The van der Waals surface area contributed by atoms with Gasteiger partial charge in [0.25, 0.3) is 0 Å². The average molecular weight is 283 g/mol. The molecule has 0 saturated carbocycles. The maximum Gasteiger partial charge on any atom is 0.225 e. The van der Waals surface area contributed by atoms with Crippen LogP contribution in [0.4, 0.5) is 5.82 Å². The van der Waals surface area contributed by atoms with Crippen molar-refractivity contribution in [3.05, 3.63) is 12.7 Å². The fourth-order valence-electron chi connectivity index (χ4n) is 1.92. The molecule has 102 valence electrons. The number of ether oxygens (including phenoxy) is 1. The number of nitrogen functional groups attached to an aromatic ring is 1. The van der Waals surface area contributed by atoms with E-state index in [1.165, 1.54) is 6.33 Å². The van der Waals surface area contributed by atoms with Crippen molar-refractivity contribution >= 4 is 24.4 Å². The molecule has 0 amide bonds. The number of imidazole rings is 1. The van der Waals surface area contributed by atoms with E-state index in [4.69, 9.17) is 15.0 Å². The monoisotopic (exact) mass is 283 g/mol. The maximum absolute atomic E-state index is 11.6. The molecule has 0 aliphatic carbocycles. The minimum absolute atomic E-state index is 0.140. The van der Waals surface area contributed by atoms with Crippen molar-refractivity contribution < 1.29 is 13.8 Å². The van der Waals surface area contributed by atoms with Gasteiger partial charge in [-0.2, -0.15) is 0 Å². The molecule has 8 nitrogen and oxygen atoms in total. The Morgan fingerprint density at radius 1 is 1.53 bits per heavy atom. The lowest BCUT2D eigenvalue weighted by Gasteiger charge is -2.27. The molecule has 3 rings (SSSR count). The number of nitrogens with zero attached hydrogens (tertiary/aromatic N) is 4. The van der Waals surface area contributed by atoms with E-state index in [1.807, 2.05) is 4.57 Å². The molecule has 2 aromatic rings. The first-order valence-electron chi connectivity index (χ1n) is 5.79. The zero-order valence-corrected chi connectivity index (χ0v) is 11.3. The Kier molecular flexibility index (Phi) is 3.00. The lowest BCUT2D eigenvalue weighted by Crippen LogP contribution is -2.29. The molecule has 1 aliphatic rings. The van der Waals surface area contributed by atoms with Crippen LogP contribution in [0.15, 0.2) is 12.7 Å². The predicted octanol–water partition coefficient (Wildman–Crippen LogP) is 0.689. The topological polar surface area (TPSA) is 105 Å². The van der Waals surface area contributed by atoms with Gasteiger partial charge in [-0.15, -0.1) is 0 Å². The van der Waals surface area contributed by atoms with Gasteiger partial charge in [-0.05, 0) is 0 Å². The molecular weight excluding hydrogens is 269 g/mol. The minimum Gasteiger partial charge on any atom is -0.382 e. The van der Waals surface area contributed by atoms with Crippen LogP contribution < -0.4 is 5.73 Å². The van der Waals surface area contributed by atoms with Gasteiger partial charge in [0.1, 0.15) is 18.2 Å². The SMILES string of the molecule is CP1(=O)CO[C@@H](Cn2cnc3c(N)ncnc32)CO1. The highest BCUT2D eigenvalue weighted by Crippen LogP contribution is 2.45. The number of hydrogen-bond acceptors (Lipinski definition) is 7. The second-order valence-electron chi connectivity index (χ2n) is 4.56. The Hall–Kier alpha value is -1.50. The van der Waals surface area contributed by atoms with Crippen molar-refractivity contribution in [3.8, 4) is 0 Å². The van der Waals surface area contributed by atoms with Crippen molar-refractivity contribution in [2.24, 2.45) is 0 Å². The van der Waals surface area contributed by atoms with Crippen molar-refractivity contribution in [2.45, 2.75) is 12.6 Å². The van der Waals surface area contributed by atoms with Gasteiger partial charge in [0.05, 0.1) is 25.6 Å². The molecule has 0 spiro atoms. The molecule has 2 N–H and O–H groups in total. The molecule has 9 heteroatoms. The Morgan fingerprint density at radius 2 is 2.37 bits per heavy atom. The van der Waals surface area contributed by atoms with E-state index >= 15 is 0 Å². The largest absolute Gasteiger partial charge is 0.382 e. The van der Waals surface area contributed by atoms with Crippen molar-refractivity contribution in [3.63, 3.8) is 0 Å². The van der Waals surface area contributed by atoms with Gasteiger partial charge in [-0.3, -0.25) is 4.57 Å². The summed E-state index contributed by atoms with van der Waals surface area (Å²) in [5.41, 5.74) is 6.94. The quantitative estimate of drug-likeness (QED) is 0.808. The molecule has 0 aromatic carbocycles. The van der Waals surface area contributed by atoms with Crippen LogP contribution >= 0.6 is 7.37 Å². The fraction of sp³-hybridized carbons (Fsp3) is 0.500. The predicted molar refractivity (Wildman–Crippen MR) is 69.0 cm³/mol. The highest BCUT2D eigenvalue weighted by Gasteiger charge is 2.27. The van der Waals surface area contributed by atoms with Crippen LogP contribution in [0.5, 0.6) is 0 Å². The Bertz CT molecular complexity index is 646. The van der Waals surface area contributed by atoms with E-state index in [-0.39, 0.29) is 12.5 Å². The summed E-state index contributed by atoms with van der Waals surface area (Å²) in [4.78, 5) is 12.2. The number of nitrogens with two attached hydrogens (primary N) is 1. The summed E-state index contributed by atoms with van der Waals surface area (Å²) in [7, 11) is -2.56. The third kappa shape index (κ3) is 2.47. The summed E-state index contributed by atoms with van der Waals surface area (Å²) in [6, 6.07) is 0. The second-order valence-corrected chi connectivity index (χ2v) is 7.10. The van der Waals surface area contributed by atoms with Crippen LogP contribution in [-0.2, 0) is 20.4 Å². The molecule has 1 saturated heterocycles. The second kappa shape index (κ2) is 4.56. The van der Waals surface area contributed by atoms with Crippen LogP contribution in [-0.4, -0.2) is 45.2 Å². The highest BCUT2D eigenvalue weighted by atomic mass is 31.2. The summed E-state index contributed by atoms with van der Waals surface area (Å²) in [6.45, 7) is 2.39.